The highest BCUT2D eigenvalue weighted by atomic mass is 14.9. The van der Waals surface area contributed by atoms with Gasteiger partial charge in [0, 0.05) is 12.6 Å². The molecule has 1 aliphatic carbocycles. The first-order valence-electron chi connectivity index (χ1n) is 4.81. The van der Waals surface area contributed by atoms with Gasteiger partial charge in [-0.2, -0.15) is 0 Å². The van der Waals surface area contributed by atoms with Crippen LogP contribution in [0.4, 0.5) is 0 Å². The van der Waals surface area contributed by atoms with Gasteiger partial charge in [0.2, 0.25) is 0 Å². The summed E-state index contributed by atoms with van der Waals surface area (Å²) in [6, 6.07) is 0.773. The molecule has 2 N–H and O–H groups in total. The highest BCUT2D eigenvalue weighted by Crippen LogP contribution is 2.16. The van der Waals surface area contributed by atoms with Gasteiger partial charge in [0.25, 0.3) is 0 Å². The van der Waals surface area contributed by atoms with Crippen molar-refractivity contribution in [3.63, 3.8) is 0 Å². The lowest BCUT2D eigenvalue weighted by Crippen LogP contribution is -2.32. The first-order valence-corrected chi connectivity index (χ1v) is 4.81. The van der Waals surface area contributed by atoms with Crippen LogP contribution in [0.3, 0.4) is 0 Å². The molecule has 2 nitrogen and oxygen atoms in total. The van der Waals surface area contributed by atoms with Crippen molar-refractivity contribution >= 4 is 0 Å². The van der Waals surface area contributed by atoms with Crippen LogP contribution in [-0.2, 0) is 0 Å². The molecule has 0 amide bonds. The predicted molar refractivity (Wildman–Crippen MR) is 47.5 cm³/mol. The fraction of sp³-hybridized carbons (Fsp3) is 1.00. The monoisotopic (exact) mass is 155 g/mol. The fourth-order valence-corrected chi connectivity index (χ4v) is 1.70. The normalized spacial score (nSPS) is 20.5. The van der Waals surface area contributed by atoms with Crippen LogP contribution in [0.5, 0.6) is 0 Å². The molecule has 0 aromatic carbocycles. The van der Waals surface area contributed by atoms with E-state index in [0.29, 0.717) is 6.54 Å². The van der Waals surface area contributed by atoms with Gasteiger partial charge >= 0.3 is 0 Å². The number of rotatable bonds is 4. The van der Waals surface area contributed by atoms with Gasteiger partial charge < -0.3 is 5.32 Å². The van der Waals surface area contributed by atoms with Gasteiger partial charge in [0.15, 0.2) is 0 Å². The second-order valence-corrected chi connectivity index (χ2v) is 3.39. The fourth-order valence-electron chi connectivity index (χ4n) is 1.70. The third-order valence-electron chi connectivity index (χ3n) is 2.39. The van der Waals surface area contributed by atoms with Crippen LogP contribution in [0.25, 0.3) is 0 Å². The van der Waals surface area contributed by atoms with E-state index in [9.17, 15) is 0 Å². The van der Waals surface area contributed by atoms with E-state index in [1.54, 1.807) is 0 Å². The third kappa shape index (κ3) is 3.73. The Morgan fingerprint density at radius 1 is 1.18 bits per heavy atom. The van der Waals surface area contributed by atoms with E-state index < -0.39 is 0 Å². The maximum Gasteiger partial charge on any atom is 0.0112 e. The van der Waals surface area contributed by atoms with Gasteiger partial charge in [0.1, 0.15) is 0 Å². The Balaban J connectivity index is 1.96. The first kappa shape index (κ1) is 9.01. The number of nitrogens with one attached hydrogen (secondary N) is 2. The van der Waals surface area contributed by atoms with Crippen molar-refractivity contribution in [2.24, 2.45) is 0 Å². The van der Waals surface area contributed by atoms with E-state index in [-0.39, 0.29) is 0 Å². The van der Waals surface area contributed by atoms with E-state index in [4.69, 9.17) is 5.73 Å². The molecule has 1 radical (unpaired) electrons. The molecule has 0 heterocycles. The van der Waals surface area contributed by atoms with Crippen molar-refractivity contribution in [1.82, 2.24) is 11.1 Å². The summed E-state index contributed by atoms with van der Waals surface area (Å²) in [5.41, 5.74) is 6.98. The van der Waals surface area contributed by atoms with Crippen molar-refractivity contribution in [1.29, 1.82) is 0 Å². The molecule has 0 saturated heterocycles. The predicted octanol–water partition coefficient (Wildman–Crippen LogP) is 1.58. The van der Waals surface area contributed by atoms with Crippen LogP contribution >= 0.6 is 0 Å². The number of hydrogen-bond donors (Lipinski definition) is 1. The molecular weight excluding hydrogens is 136 g/mol. The SMILES string of the molecule is [NH]CCCNC1CCCCC1. The van der Waals surface area contributed by atoms with E-state index in [1.165, 1.54) is 32.1 Å². The summed E-state index contributed by atoms with van der Waals surface area (Å²) in [7, 11) is 0. The van der Waals surface area contributed by atoms with E-state index >= 15 is 0 Å². The lowest BCUT2D eigenvalue weighted by atomic mass is 9.95. The Bertz CT molecular complexity index is 87.6. The van der Waals surface area contributed by atoms with Crippen LogP contribution < -0.4 is 11.1 Å². The van der Waals surface area contributed by atoms with Crippen LogP contribution in [0.1, 0.15) is 38.5 Å². The number of hydrogen-bond acceptors (Lipinski definition) is 1. The van der Waals surface area contributed by atoms with Crippen LogP contribution in [0.2, 0.25) is 0 Å². The molecule has 0 aromatic heterocycles. The summed E-state index contributed by atoms with van der Waals surface area (Å²) in [4.78, 5) is 0. The maximum absolute atomic E-state index is 6.98. The molecule has 65 valence electrons. The standard InChI is InChI=1S/C9H19N2/c10-7-4-8-11-9-5-2-1-3-6-9/h9-11H,1-8H2. The van der Waals surface area contributed by atoms with Crippen LogP contribution in [0.15, 0.2) is 0 Å². The third-order valence-corrected chi connectivity index (χ3v) is 2.39. The molecule has 0 bridgehead atoms. The van der Waals surface area contributed by atoms with Gasteiger partial charge in [-0.3, -0.25) is 5.73 Å². The molecule has 0 aliphatic heterocycles. The van der Waals surface area contributed by atoms with E-state index in [2.05, 4.69) is 5.32 Å². The van der Waals surface area contributed by atoms with Crippen molar-refractivity contribution in [2.75, 3.05) is 13.1 Å². The van der Waals surface area contributed by atoms with Crippen LogP contribution in [0, 0.1) is 0 Å². The summed E-state index contributed by atoms with van der Waals surface area (Å²) in [5, 5.41) is 3.50. The molecule has 1 rings (SSSR count). The zero-order valence-corrected chi connectivity index (χ0v) is 7.23. The average molecular weight is 155 g/mol. The molecule has 1 aliphatic rings. The summed E-state index contributed by atoms with van der Waals surface area (Å²) < 4.78 is 0. The zero-order chi connectivity index (χ0) is 7.94. The zero-order valence-electron chi connectivity index (χ0n) is 7.23. The van der Waals surface area contributed by atoms with Gasteiger partial charge in [-0.05, 0) is 25.8 Å². The molecule has 0 atom stereocenters. The largest absolute Gasteiger partial charge is 0.314 e. The average Bonchev–Trinajstić information content (AvgIpc) is 2.07. The topological polar surface area (TPSA) is 35.8 Å². The lowest BCUT2D eigenvalue weighted by Gasteiger charge is -2.22. The van der Waals surface area contributed by atoms with Gasteiger partial charge in [-0.1, -0.05) is 19.3 Å². The molecule has 0 aromatic rings. The minimum Gasteiger partial charge on any atom is -0.314 e. The van der Waals surface area contributed by atoms with E-state index in [0.717, 1.165) is 19.0 Å². The minimum absolute atomic E-state index is 0.569. The summed E-state index contributed by atoms with van der Waals surface area (Å²) >= 11 is 0. The Hall–Kier alpha value is -0.0800. The van der Waals surface area contributed by atoms with Crippen molar-refractivity contribution in [3.05, 3.63) is 0 Å². The Kier molecular flexibility index (Phi) is 4.55. The minimum atomic E-state index is 0.569. The Labute approximate surface area is 69.5 Å². The Morgan fingerprint density at radius 2 is 1.91 bits per heavy atom. The second-order valence-electron chi connectivity index (χ2n) is 3.39. The molecule has 1 saturated carbocycles. The molecule has 2 heteroatoms. The quantitative estimate of drug-likeness (QED) is 0.615. The van der Waals surface area contributed by atoms with Gasteiger partial charge in [-0.15, -0.1) is 0 Å². The summed E-state index contributed by atoms with van der Waals surface area (Å²) in [5.74, 6) is 0. The van der Waals surface area contributed by atoms with E-state index in [1.807, 2.05) is 0 Å². The van der Waals surface area contributed by atoms with Crippen molar-refractivity contribution in [2.45, 2.75) is 44.6 Å². The van der Waals surface area contributed by atoms with Crippen molar-refractivity contribution < 1.29 is 0 Å². The molecule has 0 spiro atoms. The highest BCUT2D eigenvalue weighted by molar-refractivity contribution is 4.71. The lowest BCUT2D eigenvalue weighted by molar-refractivity contribution is 0.373. The van der Waals surface area contributed by atoms with Gasteiger partial charge in [-0.25, -0.2) is 0 Å². The van der Waals surface area contributed by atoms with Gasteiger partial charge in [0.05, 0.1) is 0 Å². The second kappa shape index (κ2) is 5.56. The van der Waals surface area contributed by atoms with Crippen LogP contribution in [-0.4, -0.2) is 19.1 Å². The molecule has 11 heavy (non-hydrogen) atoms. The Morgan fingerprint density at radius 3 is 2.55 bits per heavy atom. The molecule has 0 unspecified atom stereocenters. The van der Waals surface area contributed by atoms with Crippen molar-refractivity contribution in [3.8, 4) is 0 Å². The highest BCUT2D eigenvalue weighted by Gasteiger charge is 2.11. The smallest absolute Gasteiger partial charge is 0.0112 e. The first-order chi connectivity index (χ1) is 5.43. The molecule has 1 fully saturated rings. The summed E-state index contributed by atoms with van der Waals surface area (Å²) in [6.07, 6.45) is 7.96. The molecular formula is C9H19N2. The summed E-state index contributed by atoms with van der Waals surface area (Å²) in [6.45, 7) is 1.62. The maximum atomic E-state index is 6.98.